The molecule has 1 aromatic heterocycles. The maximum Gasteiger partial charge on any atom is 1.00 e. The zero-order valence-corrected chi connectivity index (χ0v) is 11.8. The standard InChI is InChI=1S/C12H11NO3.Na.H/c1-8(12(14)15)16-11-4-2-3-9-7-13-6-5-10(9)11;;/h2-8H,1H3,(H,14,15);;/q;+1;-1/t8-;;/m0../s1. The number of hydrogen-bond donors (Lipinski definition) is 1. The Balaban J connectivity index is 0.00000144. The summed E-state index contributed by atoms with van der Waals surface area (Å²) in [5.74, 6) is -0.416. The van der Waals surface area contributed by atoms with Crippen molar-refractivity contribution >= 4 is 16.7 Å². The summed E-state index contributed by atoms with van der Waals surface area (Å²) < 4.78 is 5.36. The molecule has 0 amide bonds. The maximum atomic E-state index is 10.7. The molecule has 1 aromatic carbocycles. The number of ether oxygens (including phenoxy) is 1. The van der Waals surface area contributed by atoms with Crippen molar-refractivity contribution in [3.05, 3.63) is 36.7 Å². The molecule has 0 saturated heterocycles. The van der Waals surface area contributed by atoms with Crippen molar-refractivity contribution in [3.8, 4) is 5.75 Å². The van der Waals surface area contributed by atoms with Crippen molar-refractivity contribution in [1.82, 2.24) is 4.98 Å². The Morgan fingerprint density at radius 2 is 2.24 bits per heavy atom. The average molecular weight is 241 g/mol. The Morgan fingerprint density at radius 3 is 2.94 bits per heavy atom. The fraction of sp³-hybridized carbons (Fsp3) is 0.167. The largest absolute Gasteiger partial charge is 1.00 e. The van der Waals surface area contributed by atoms with E-state index in [0.717, 1.165) is 10.8 Å². The molecule has 0 radical (unpaired) electrons. The van der Waals surface area contributed by atoms with Gasteiger partial charge in [-0.05, 0) is 19.1 Å². The van der Waals surface area contributed by atoms with Gasteiger partial charge in [0.1, 0.15) is 5.75 Å². The fourth-order valence-electron chi connectivity index (χ4n) is 1.44. The number of hydrogen-bond acceptors (Lipinski definition) is 3. The number of aromatic nitrogens is 1. The van der Waals surface area contributed by atoms with E-state index in [1.807, 2.05) is 12.1 Å². The number of benzene rings is 1. The van der Waals surface area contributed by atoms with Crippen molar-refractivity contribution in [3.63, 3.8) is 0 Å². The first-order chi connectivity index (χ1) is 7.68. The summed E-state index contributed by atoms with van der Waals surface area (Å²) in [6.07, 6.45) is 2.51. The van der Waals surface area contributed by atoms with Crippen LogP contribution in [0, 0.1) is 0 Å². The monoisotopic (exact) mass is 241 g/mol. The molecule has 0 aliphatic rings. The Kier molecular flexibility index (Phi) is 4.93. The van der Waals surface area contributed by atoms with Crippen LogP contribution in [0.15, 0.2) is 36.7 Å². The number of rotatable bonds is 3. The Bertz CT molecular complexity index is 530. The van der Waals surface area contributed by atoms with Gasteiger partial charge in [0.25, 0.3) is 0 Å². The summed E-state index contributed by atoms with van der Waals surface area (Å²) in [5, 5.41) is 10.6. The van der Waals surface area contributed by atoms with Gasteiger partial charge in [0.15, 0.2) is 6.10 Å². The van der Waals surface area contributed by atoms with Gasteiger partial charge in [-0.2, -0.15) is 0 Å². The van der Waals surface area contributed by atoms with Crippen molar-refractivity contribution < 1.29 is 45.6 Å². The molecule has 0 saturated carbocycles. The van der Waals surface area contributed by atoms with Crippen LogP contribution in [0.2, 0.25) is 0 Å². The number of carboxylic acids is 1. The van der Waals surface area contributed by atoms with Gasteiger partial charge in [-0.15, -0.1) is 0 Å². The molecule has 0 fully saturated rings. The molecule has 17 heavy (non-hydrogen) atoms. The topological polar surface area (TPSA) is 59.4 Å². The second-order valence-corrected chi connectivity index (χ2v) is 3.45. The summed E-state index contributed by atoms with van der Waals surface area (Å²) in [6.45, 7) is 1.50. The van der Waals surface area contributed by atoms with E-state index in [-0.39, 0.29) is 31.0 Å². The van der Waals surface area contributed by atoms with Gasteiger partial charge in [0.2, 0.25) is 0 Å². The summed E-state index contributed by atoms with van der Waals surface area (Å²) in [5.41, 5.74) is 0. The molecular formula is C12H12NNaO3. The number of carboxylic acid groups (broad SMARTS) is 1. The van der Waals surface area contributed by atoms with E-state index in [1.54, 1.807) is 24.5 Å². The Labute approximate surface area is 122 Å². The molecule has 0 aliphatic carbocycles. The van der Waals surface area contributed by atoms with E-state index < -0.39 is 12.1 Å². The van der Waals surface area contributed by atoms with E-state index in [9.17, 15) is 4.79 Å². The van der Waals surface area contributed by atoms with Crippen LogP contribution in [0.25, 0.3) is 10.8 Å². The first-order valence-corrected chi connectivity index (χ1v) is 4.90. The van der Waals surface area contributed by atoms with Crippen LogP contribution in [-0.2, 0) is 4.79 Å². The van der Waals surface area contributed by atoms with Crippen molar-refractivity contribution in [2.45, 2.75) is 13.0 Å². The van der Waals surface area contributed by atoms with E-state index >= 15 is 0 Å². The minimum Gasteiger partial charge on any atom is -1.00 e. The summed E-state index contributed by atoms with van der Waals surface area (Å²) >= 11 is 0. The summed E-state index contributed by atoms with van der Waals surface area (Å²) in [4.78, 5) is 14.7. The summed E-state index contributed by atoms with van der Waals surface area (Å²) in [7, 11) is 0. The van der Waals surface area contributed by atoms with Gasteiger partial charge in [-0.1, -0.05) is 12.1 Å². The number of carbonyl (C=O) groups is 1. The van der Waals surface area contributed by atoms with Crippen LogP contribution < -0.4 is 34.3 Å². The van der Waals surface area contributed by atoms with Gasteiger partial charge in [-0.3, -0.25) is 4.98 Å². The molecule has 4 nitrogen and oxygen atoms in total. The number of nitrogens with zero attached hydrogens (tertiary/aromatic N) is 1. The van der Waals surface area contributed by atoms with E-state index in [0.29, 0.717) is 5.75 Å². The number of aliphatic carboxylic acids is 1. The zero-order chi connectivity index (χ0) is 11.5. The molecular weight excluding hydrogens is 229 g/mol. The van der Waals surface area contributed by atoms with Crippen molar-refractivity contribution in [2.75, 3.05) is 0 Å². The van der Waals surface area contributed by atoms with Gasteiger partial charge in [0, 0.05) is 23.2 Å². The third-order valence-electron chi connectivity index (χ3n) is 2.29. The molecule has 1 atom stereocenters. The van der Waals surface area contributed by atoms with E-state index in [4.69, 9.17) is 9.84 Å². The van der Waals surface area contributed by atoms with Gasteiger partial charge < -0.3 is 11.3 Å². The number of pyridine rings is 1. The van der Waals surface area contributed by atoms with Gasteiger partial charge >= 0.3 is 35.5 Å². The second kappa shape index (κ2) is 6.00. The predicted molar refractivity (Wildman–Crippen MR) is 60.6 cm³/mol. The molecule has 0 bridgehead atoms. The third kappa shape index (κ3) is 3.19. The molecule has 0 unspecified atom stereocenters. The Morgan fingerprint density at radius 1 is 1.47 bits per heavy atom. The molecule has 1 N–H and O–H groups in total. The van der Waals surface area contributed by atoms with Crippen LogP contribution in [-0.4, -0.2) is 22.2 Å². The van der Waals surface area contributed by atoms with Crippen LogP contribution in [0.5, 0.6) is 5.75 Å². The maximum absolute atomic E-state index is 10.7. The van der Waals surface area contributed by atoms with Crippen LogP contribution in [0.3, 0.4) is 0 Å². The molecule has 84 valence electrons. The second-order valence-electron chi connectivity index (χ2n) is 3.45. The number of fused-ring (bicyclic) bond motifs is 1. The predicted octanol–water partition coefficient (Wildman–Crippen LogP) is -0.797. The quantitative estimate of drug-likeness (QED) is 0.715. The van der Waals surface area contributed by atoms with Crippen molar-refractivity contribution in [2.24, 2.45) is 0 Å². The molecule has 2 rings (SSSR count). The van der Waals surface area contributed by atoms with E-state index in [2.05, 4.69) is 4.98 Å². The SMILES string of the molecule is C[C@H](Oc1cccc2cnccc12)C(=O)O.[H-].[Na+]. The minimum absolute atomic E-state index is 0. The minimum atomic E-state index is -0.981. The fourth-order valence-corrected chi connectivity index (χ4v) is 1.44. The van der Waals surface area contributed by atoms with Gasteiger partial charge in [0.05, 0.1) is 0 Å². The smallest absolute Gasteiger partial charge is 1.00 e. The van der Waals surface area contributed by atoms with Crippen LogP contribution >= 0.6 is 0 Å². The van der Waals surface area contributed by atoms with Crippen LogP contribution in [0.1, 0.15) is 8.35 Å². The molecule has 1 heterocycles. The molecule has 0 aliphatic heterocycles. The first kappa shape index (κ1) is 14.0. The van der Waals surface area contributed by atoms with Crippen molar-refractivity contribution in [1.29, 1.82) is 0 Å². The Hall–Kier alpha value is -1.10. The van der Waals surface area contributed by atoms with E-state index in [1.165, 1.54) is 6.92 Å². The van der Waals surface area contributed by atoms with Crippen LogP contribution in [0.4, 0.5) is 0 Å². The molecule has 2 aromatic rings. The molecule has 5 heteroatoms. The first-order valence-electron chi connectivity index (χ1n) is 4.90. The molecule has 0 spiro atoms. The zero-order valence-electron chi connectivity index (χ0n) is 10.8. The van der Waals surface area contributed by atoms with Gasteiger partial charge in [-0.25, -0.2) is 4.79 Å². The average Bonchev–Trinajstić information content (AvgIpc) is 2.29. The normalized spacial score (nSPS) is 11.6. The summed E-state index contributed by atoms with van der Waals surface area (Å²) in [6, 6.07) is 7.27. The third-order valence-corrected chi connectivity index (χ3v) is 2.29.